The van der Waals surface area contributed by atoms with E-state index in [-0.39, 0.29) is 0 Å². The van der Waals surface area contributed by atoms with Crippen molar-refractivity contribution >= 4 is 77.0 Å². The number of benzene rings is 8. The molecule has 0 N–H and O–H groups in total. The number of hydrogen-bond acceptors (Lipinski definition) is 1. The minimum atomic E-state index is 0.858. The van der Waals surface area contributed by atoms with Crippen molar-refractivity contribution in [3.8, 4) is 5.69 Å². The molecule has 0 saturated carbocycles. The van der Waals surface area contributed by atoms with Gasteiger partial charge in [0.2, 0.25) is 0 Å². The van der Waals surface area contributed by atoms with Crippen LogP contribution in [0.3, 0.4) is 0 Å². The molecule has 3 aliphatic rings. The summed E-state index contributed by atoms with van der Waals surface area (Å²) in [6.07, 6.45) is 33.8. The molecule has 9 aromatic rings. The lowest BCUT2D eigenvalue weighted by atomic mass is 9.95. The minimum Gasteiger partial charge on any atom is -0.311 e. The molecule has 0 spiro atoms. The average molecular weight is 911 g/mol. The monoisotopic (exact) mass is 910 g/mol. The lowest BCUT2D eigenvalue weighted by Gasteiger charge is -2.27. The molecular weight excluding hydrogens is 857 g/mol. The first-order chi connectivity index (χ1) is 35.1. The Labute approximate surface area is 417 Å². The zero-order chi connectivity index (χ0) is 47.5. The summed E-state index contributed by atoms with van der Waals surface area (Å²) in [5.74, 6) is 0. The number of hydrogen-bond donors (Lipinski definition) is 0. The molecule has 0 atom stereocenters. The van der Waals surface area contributed by atoms with Gasteiger partial charge in [0.05, 0.1) is 11.0 Å². The maximum absolute atomic E-state index is 4.47. The number of fused-ring (bicyclic) bond motifs is 5. The zero-order valence-electron chi connectivity index (χ0n) is 39.9. The van der Waals surface area contributed by atoms with E-state index in [0.717, 1.165) is 60.2 Å². The van der Waals surface area contributed by atoms with E-state index in [9.17, 15) is 0 Å². The van der Waals surface area contributed by atoms with E-state index < -0.39 is 0 Å². The fourth-order valence-corrected chi connectivity index (χ4v) is 10.8. The molecule has 0 saturated heterocycles. The zero-order valence-corrected chi connectivity index (χ0v) is 39.9. The van der Waals surface area contributed by atoms with E-state index >= 15 is 0 Å². The Balaban J connectivity index is 0.969. The van der Waals surface area contributed by atoms with Crippen molar-refractivity contribution in [1.82, 2.24) is 4.57 Å². The fourth-order valence-electron chi connectivity index (χ4n) is 10.8. The third-order valence-corrected chi connectivity index (χ3v) is 14.3. The lowest BCUT2D eigenvalue weighted by Crippen LogP contribution is -2.15. The first kappa shape index (κ1) is 43.6. The SMILES string of the molecule is C=C1/C=C\C=C/C/C=C\C=C/1c1ccc(N(C2=CCCCC(c3cccc4c3c3cc5ccccc5cc3n4-c3ccccc3)=C2)c2ccc(C3=CC=C(c4cccc5ccccc45)C=CC3)cc2)cc1. The summed E-state index contributed by atoms with van der Waals surface area (Å²) in [7, 11) is 0. The molecule has 340 valence electrons. The Bertz CT molecular complexity index is 3810. The molecule has 71 heavy (non-hydrogen) atoms. The van der Waals surface area contributed by atoms with E-state index in [2.05, 4.69) is 271 Å². The normalized spacial score (nSPS) is 17.4. The van der Waals surface area contributed by atoms with Gasteiger partial charge < -0.3 is 9.47 Å². The first-order valence-corrected chi connectivity index (χ1v) is 25.0. The van der Waals surface area contributed by atoms with Gasteiger partial charge in [-0.15, -0.1) is 0 Å². The van der Waals surface area contributed by atoms with Gasteiger partial charge in [0, 0.05) is 33.5 Å². The van der Waals surface area contributed by atoms with E-state index in [1.54, 1.807) is 0 Å². The van der Waals surface area contributed by atoms with Crippen LogP contribution in [0.1, 0.15) is 54.4 Å². The van der Waals surface area contributed by atoms with Crippen LogP contribution in [0.15, 0.2) is 273 Å². The van der Waals surface area contributed by atoms with Gasteiger partial charge >= 0.3 is 0 Å². The maximum Gasteiger partial charge on any atom is 0.0547 e. The summed E-state index contributed by atoms with van der Waals surface area (Å²) < 4.78 is 2.45. The second-order valence-corrected chi connectivity index (χ2v) is 18.7. The lowest BCUT2D eigenvalue weighted by molar-refractivity contribution is 0.884. The highest BCUT2D eigenvalue weighted by Gasteiger charge is 2.22. The molecule has 2 nitrogen and oxygen atoms in total. The number of nitrogens with zero attached hydrogens (tertiary/aromatic N) is 2. The number of para-hydroxylation sites is 1. The molecule has 0 amide bonds. The third kappa shape index (κ3) is 8.60. The Morgan fingerprint density at radius 1 is 0.507 bits per heavy atom. The molecular formula is C69H54N2. The second-order valence-electron chi connectivity index (χ2n) is 18.7. The van der Waals surface area contributed by atoms with Crippen molar-refractivity contribution in [3.05, 3.63) is 295 Å². The molecule has 2 heteroatoms. The first-order valence-electron chi connectivity index (χ1n) is 25.0. The average Bonchev–Trinajstić information content (AvgIpc) is 3.60. The van der Waals surface area contributed by atoms with Crippen molar-refractivity contribution < 1.29 is 0 Å². The van der Waals surface area contributed by atoms with E-state index in [4.69, 9.17) is 0 Å². The number of rotatable bonds is 8. The molecule has 0 radical (unpaired) electrons. The van der Waals surface area contributed by atoms with Crippen LogP contribution in [0, 0.1) is 0 Å². The van der Waals surface area contributed by atoms with Crippen LogP contribution >= 0.6 is 0 Å². The summed E-state index contributed by atoms with van der Waals surface area (Å²) >= 11 is 0. The standard InChI is InChI=1S/C69H54N2/c1-49-20-7-4-2-3-5-10-31-62(49)54-40-44-60(45-41-54)70(59-42-38-51(39-43-59)50-25-17-26-53(37-36-50)64-33-18-27-52-21-14-16-32-63(52)64)61-30-15-13-24-57(46-61)65-34-19-35-67-69(65)66-47-55-22-11-12-23-56(55)48-68(66)71(67)58-28-8-6-9-29-58/h2,4-12,14,16-23,26-48H,1,3,13,15,24-25H2/b4-2-,10-5-,20-7-,62-31+. The molecule has 8 aromatic carbocycles. The van der Waals surface area contributed by atoms with Crippen LogP contribution in [0.4, 0.5) is 11.4 Å². The van der Waals surface area contributed by atoms with Gasteiger partial charge in [-0.25, -0.2) is 0 Å². The molecule has 1 aromatic heterocycles. The van der Waals surface area contributed by atoms with Gasteiger partial charge in [-0.05, 0) is 164 Å². The number of aromatic nitrogens is 1. The topological polar surface area (TPSA) is 8.17 Å². The van der Waals surface area contributed by atoms with Crippen LogP contribution < -0.4 is 4.90 Å². The summed E-state index contributed by atoms with van der Waals surface area (Å²) in [6, 6.07) is 64.8. The van der Waals surface area contributed by atoms with E-state index in [0.29, 0.717) is 0 Å². The van der Waals surface area contributed by atoms with Crippen LogP contribution in [-0.2, 0) is 0 Å². The van der Waals surface area contributed by atoms with E-state index in [1.165, 1.54) is 88.1 Å². The van der Waals surface area contributed by atoms with E-state index in [1.807, 2.05) is 0 Å². The van der Waals surface area contributed by atoms with Gasteiger partial charge in [-0.1, -0.05) is 201 Å². The van der Waals surface area contributed by atoms with Crippen LogP contribution in [0.25, 0.3) is 71.3 Å². The van der Waals surface area contributed by atoms with Crippen molar-refractivity contribution in [2.45, 2.75) is 32.1 Å². The van der Waals surface area contributed by atoms with Crippen molar-refractivity contribution in [2.75, 3.05) is 4.90 Å². The predicted octanol–water partition coefficient (Wildman–Crippen LogP) is 18.8. The summed E-state index contributed by atoms with van der Waals surface area (Å²) in [6.45, 7) is 4.47. The highest BCUT2D eigenvalue weighted by molar-refractivity contribution is 6.17. The Hall–Kier alpha value is -8.72. The molecule has 0 fully saturated rings. The highest BCUT2D eigenvalue weighted by atomic mass is 15.1. The molecule has 1 heterocycles. The van der Waals surface area contributed by atoms with Crippen molar-refractivity contribution in [2.24, 2.45) is 0 Å². The Morgan fingerprint density at radius 3 is 2.04 bits per heavy atom. The third-order valence-electron chi connectivity index (χ3n) is 14.3. The largest absolute Gasteiger partial charge is 0.311 e. The molecule has 0 bridgehead atoms. The van der Waals surface area contributed by atoms with Gasteiger partial charge in [0.15, 0.2) is 0 Å². The molecule has 3 aliphatic carbocycles. The van der Waals surface area contributed by atoms with Gasteiger partial charge in [0.25, 0.3) is 0 Å². The summed E-state index contributed by atoms with van der Waals surface area (Å²) in [4.78, 5) is 2.46. The second kappa shape index (κ2) is 19.3. The molecule has 0 unspecified atom stereocenters. The quantitative estimate of drug-likeness (QED) is 0.147. The van der Waals surface area contributed by atoms with Gasteiger partial charge in [-0.3, -0.25) is 0 Å². The van der Waals surface area contributed by atoms with Gasteiger partial charge in [-0.2, -0.15) is 0 Å². The smallest absolute Gasteiger partial charge is 0.0547 e. The van der Waals surface area contributed by atoms with Crippen molar-refractivity contribution in [3.63, 3.8) is 0 Å². The summed E-state index contributed by atoms with van der Waals surface area (Å²) in [5, 5.41) is 7.60. The molecule has 0 aliphatic heterocycles. The number of anilines is 2. The van der Waals surface area contributed by atoms with Crippen LogP contribution in [0.5, 0.6) is 0 Å². The molecule has 12 rings (SSSR count). The van der Waals surface area contributed by atoms with Crippen molar-refractivity contribution in [1.29, 1.82) is 0 Å². The Morgan fingerprint density at radius 2 is 1.21 bits per heavy atom. The van der Waals surface area contributed by atoms with Crippen LogP contribution in [0.2, 0.25) is 0 Å². The highest BCUT2D eigenvalue weighted by Crippen LogP contribution is 2.43. The minimum absolute atomic E-state index is 0.858. The van der Waals surface area contributed by atoms with Gasteiger partial charge in [0.1, 0.15) is 0 Å². The fraction of sp³-hybridized carbons (Fsp3) is 0.0725. The van der Waals surface area contributed by atoms with Crippen LogP contribution in [-0.4, -0.2) is 4.57 Å². The maximum atomic E-state index is 4.47. The number of allylic oxidation sites excluding steroid dienone is 18. The predicted molar refractivity (Wildman–Crippen MR) is 306 cm³/mol. The Kier molecular flexibility index (Phi) is 11.9. The summed E-state index contributed by atoms with van der Waals surface area (Å²) in [5.41, 5.74) is 17.9.